The Hall–Kier alpha value is -3.07. The third kappa shape index (κ3) is 5.13. The Labute approximate surface area is 193 Å². The van der Waals surface area contributed by atoms with Crippen molar-refractivity contribution in [3.05, 3.63) is 84.7 Å². The highest BCUT2D eigenvalue weighted by atomic mass is 32.2. The summed E-state index contributed by atoms with van der Waals surface area (Å²) in [5, 5.41) is 3.03. The van der Waals surface area contributed by atoms with E-state index in [0.717, 1.165) is 22.9 Å². The lowest BCUT2D eigenvalue weighted by Gasteiger charge is -2.36. The van der Waals surface area contributed by atoms with Crippen molar-refractivity contribution in [3.63, 3.8) is 0 Å². The van der Waals surface area contributed by atoms with Gasteiger partial charge in [0.1, 0.15) is 5.82 Å². The van der Waals surface area contributed by atoms with Crippen LogP contribution >= 0.6 is 0 Å². The highest BCUT2D eigenvalue weighted by Crippen LogP contribution is 2.28. The Morgan fingerprint density at radius 1 is 0.909 bits per heavy atom. The Morgan fingerprint density at radius 3 is 2.27 bits per heavy atom. The number of hydrogen-bond acceptors (Lipinski definition) is 4. The predicted molar refractivity (Wildman–Crippen MR) is 127 cm³/mol. The largest absolute Gasteiger partial charge is 0.324 e. The van der Waals surface area contributed by atoms with Gasteiger partial charge in [-0.15, -0.1) is 0 Å². The van der Waals surface area contributed by atoms with Gasteiger partial charge in [-0.3, -0.25) is 9.69 Å². The molecule has 1 N–H and O–H groups in total. The standard InChI is InChI=1S/C25H26FN3O3S/c1-19(25(30)27-24-13-6-5-12-23(24)20-8-3-2-4-9-20)28-14-16-29(17-15-28)33(31,32)22-11-7-10-21(26)18-22/h2-13,18-19H,14-17H2,1H3,(H,27,30)/t19-/m0/s1. The molecule has 1 heterocycles. The number of carbonyl (C=O) groups excluding carboxylic acids is 1. The molecule has 3 aromatic rings. The summed E-state index contributed by atoms with van der Waals surface area (Å²) in [7, 11) is -3.77. The lowest BCUT2D eigenvalue weighted by atomic mass is 10.0. The summed E-state index contributed by atoms with van der Waals surface area (Å²) in [6.07, 6.45) is 0. The van der Waals surface area contributed by atoms with Crippen LogP contribution in [0.25, 0.3) is 11.1 Å². The van der Waals surface area contributed by atoms with Gasteiger partial charge in [-0.05, 0) is 36.8 Å². The monoisotopic (exact) mass is 467 g/mol. The van der Waals surface area contributed by atoms with Crippen molar-refractivity contribution in [2.24, 2.45) is 0 Å². The molecule has 1 aliphatic rings. The molecule has 4 rings (SSSR count). The Balaban J connectivity index is 1.41. The van der Waals surface area contributed by atoms with Gasteiger partial charge in [-0.2, -0.15) is 4.31 Å². The van der Waals surface area contributed by atoms with Crippen molar-refractivity contribution in [2.75, 3.05) is 31.5 Å². The highest BCUT2D eigenvalue weighted by molar-refractivity contribution is 7.89. The van der Waals surface area contributed by atoms with Crippen LogP contribution in [0.4, 0.5) is 10.1 Å². The number of hydrogen-bond donors (Lipinski definition) is 1. The van der Waals surface area contributed by atoms with E-state index in [2.05, 4.69) is 5.32 Å². The quantitative estimate of drug-likeness (QED) is 0.598. The van der Waals surface area contributed by atoms with Crippen molar-refractivity contribution in [1.29, 1.82) is 0 Å². The Kier molecular flexibility index (Phi) is 6.88. The minimum atomic E-state index is -3.77. The summed E-state index contributed by atoms with van der Waals surface area (Å²) < 4.78 is 40.5. The van der Waals surface area contributed by atoms with E-state index < -0.39 is 21.9 Å². The van der Waals surface area contributed by atoms with Crippen LogP contribution in [0.5, 0.6) is 0 Å². The van der Waals surface area contributed by atoms with Crippen LogP contribution < -0.4 is 5.32 Å². The number of sulfonamides is 1. The first kappa shape index (κ1) is 23.1. The van der Waals surface area contributed by atoms with Gasteiger partial charge in [0.05, 0.1) is 10.9 Å². The number of rotatable bonds is 6. The molecule has 0 radical (unpaired) electrons. The zero-order chi connectivity index (χ0) is 23.4. The molecule has 0 saturated carbocycles. The molecule has 0 bridgehead atoms. The van der Waals surface area contributed by atoms with Gasteiger partial charge in [0, 0.05) is 37.4 Å². The fourth-order valence-electron chi connectivity index (χ4n) is 3.97. The van der Waals surface area contributed by atoms with E-state index in [9.17, 15) is 17.6 Å². The second kappa shape index (κ2) is 9.82. The average Bonchev–Trinajstić information content (AvgIpc) is 2.84. The number of nitrogens with zero attached hydrogens (tertiary/aromatic N) is 2. The average molecular weight is 468 g/mol. The number of anilines is 1. The van der Waals surface area contributed by atoms with E-state index >= 15 is 0 Å². The van der Waals surface area contributed by atoms with Crippen LogP contribution in [0, 0.1) is 5.82 Å². The summed E-state index contributed by atoms with van der Waals surface area (Å²) in [5.41, 5.74) is 2.68. The molecule has 8 heteroatoms. The number of para-hydroxylation sites is 1. The first-order valence-corrected chi connectivity index (χ1v) is 12.3. The van der Waals surface area contributed by atoms with E-state index in [1.165, 1.54) is 22.5 Å². The fraction of sp³-hybridized carbons (Fsp3) is 0.240. The fourth-order valence-corrected chi connectivity index (χ4v) is 5.43. The molecule has 6 nitrogen and oxygen atoms in total. The smallest absolute Gasteiger partial charge is 0.243 e. The topological polar surface area (TPSA) is 69.7 Å². The molecule has 172 valence electrons. The summed E-state index contributed by atoms with van der Waals surface area (Å²) in [6, 6.07) is 22.1. The maximum atomic E-state index is 13.5. The molecule has 0 unspecified atom stereocenters. The number of nitrogens with one attached hydrogen (secondary N) is 1. The van der Waals surface area contributed by atoms with E-state index in [1.54, 1.807) is 0 Å². The molecule has 1 fully saturated rings. The number of benzene rings is 3. The Bertz CT molecular complexity index is 1230. The molecule has 0 aromatic heterocycles. The zero-order valence-electron chi connectivity index (χ0n) is 18.3. The molecular formula is C25H26FN3O3S. The summed E-state index contributed by atoms with van der Waals surface area (Å²) in [4.78, 5) is 14.9. The molecule has 1 amide bonds. The summed E-state index contributed by atoms with van der Waals surface area (Å²) >= 11 is 0. The van der Waals surface area contributed by atoms with Crippen LogP contribution in [0.1, 0.15) is 6.92 Å². The van der Waals surface area contributed by atoms with Crippen molar-refractivity contribution in [2.45, 2.75) is 17.9 Å². The first-order chi connectivity index (χ1) is 15.9. The van der Waals surface area contributed by atoms with Crippen molar-refractivity contribution in [3.8, 4) is 11.1 Å². The van der Waals surface area contributed by atoms with Gasteiger partial charge in [-0.1, -0.05) is 54.6 Å². The molecule has 1 atom stereocenters. The van der Waals surface area contributed by atoms with Crippen LogP contribution in [-0.4, -0.2) is 55.8 Å². The summed E-state index contributed by atoms with van der Waals surface area (Å²) in [6.45, 7) is 3.10. The highest BCUT2D eigenvalue weighted by Gasteiger charge is 2.32. The SMILES string of the molecule is C[C@@H](C(=O)Nc1ccccc1-c1ccccc1)N1CCN(S(=O)(=O)c2cccc(F)c2)CC1. The van der Waals surface area contributed by atoms with E-state index in [4.69, 9.17) is 0 Å². The maximum Gasteiger partial charge on any atom is 0.243 e. The van der Waals surface area contributed by atoms with Gasteiger partial charge in [0.2, 0.25) is 15.9 Å². The number of carbonyl (C=O) groups is 1. The lowest BCUT2D eigenvalue weighted by molar-refractivity contribution is -0.121. The molecule has 0 aliphatic carbocycles. The molecule has 1 saturated heterocycles. The van der Waals surface area contributed by atoms with Crippen LogP contribution in [0.2, 0.25) is 0 Å². The van der Waals surface area contributed by atoms with Crippen molar-refractivity contribution < 1.29 is 17.6 Å². The van der Waals surface area contributed by atoms with E-state index in [0.29, 0.717) is 13.1 Å². The molecular weight excluding hydrogens is 441 g/mol. The van der Waals surface area contributed by atoms with E-state index in [-0.39, 0.29) is 23.9 Å². The lowest BCUT2D eigenvalue weighted by Crippen LogP contribution is -2.53. The predicted octanol–water partition coefficient (Wildman–Crippen LogP) is 3.83. The molecule has 1 aliphatic heterocycles. The third-order valence-corrected chi connectivity index (χ3v) is 7.80. The van der Waals surface area contributed by atoms with Gasteiger partial charge < -0.3 is 5.32 Å². The normalized spacial score (nSPS) is 16.3. The Morgan fingerprint density at radius 2 is 1.58 bits per heavy atom. The van der Waals surface area contributed by atoms with Crippen molar-refractivity contribution >= 4 is 21.6 Å². The first-order valence-electron chi connectivity index (χ1n) is 10.8. The summed E-state index contributed by atoms with van der Waals surface area (Å²) in [5.74, 6) is -0.740. The maximum absolute atomic E-state index is 13.5. The third-order valence-electron chi connectivity index (χ3n) is 5.90. The molecule has 3 aromatic carbocycles. The second-order valence-electron chi connectivity index (χ2n) is 7.97. The molecule has 33 heavy (non-hydrogen) atoms. The number of piperazine rings is 1. The second-order valence-corrected chi connectivity index (χ2v) is 9.91. The minimum absolute atomic E-state index is 0.0562. The van der Waals surface area contributed by atoms with Crippen LogP contribution in [0.15, 0.2) is 83.8 Å². The minimum Gasteiger partial charge on any atom is -0.324 e. The number of halogens is 1. The van der Waals surface area contributed by atoms with Gasteiger partial charge in [0.15, 0.2) is 0 Å². The van der Waals surface area contributed by atoms with Gasteiger partial charge in [-0.25, -0.2) is 12.8 Å². The number of amides is 1. The zero-order valence-corrected chi connectivity index (χ0v) is 19.1. The van der Waals surface area contributed by atoms with Gasteiger partial charge in [0.25, 0.3) is 0 Å². The van der Waals surface area contributed by atoms with Crippen LogP contribution in [-0.2, 0) is 14.8 Å². The van der Waals surface area contributed by atoms with E-state index in [1.807, 2.05) is 66.4 Å². The van der Waals surface area contributed by atoms with Crippen molar-refractivity contribution in [1.82, 2.24) is 9.21 Å². The molecule has 0 spiro atoms. The van der Waals surface area contributed by atoms with Crippen LogP contribution in [0.3, 0.4) is 0 Å². The van der Waals surface area contributed by atoms with Gasteiger partial charge >= 0.3 is 0 Å².